The van der Waals surface area contributed by atoms with Crippen LogP contribution in [0.25, 0.3) is 0 Å². The van der Waals surface area contributed by atoms with E-state index >= 15 is 0 Å². The predicted octanol–water partition coefficient (Wildman–Crippen LogP) is 0.995. The first-order chi connectivity index (χ1) is 6.25. The molecule has 1 saturated heterocycles. The Bertz CT molecular complexity index is 151. The van der Waals surface area contributed by atoms with Crippen molar-refractivity contribution in [2.24, 2.45) is 0 Å². The molecule has 0 spiro atoms. The molecule has 1 amide bonds. The third-order valence-corrected chi connectivity index (χ3v) is 2.97. The van der Waals surface area contributed by atoms with Crippen LogP contribution in [-0.4, -0.2) is 36.5 Å². The molecule has 1 N–H and O–H groups in total. The summed E-state index contributed by atoms with van der Waals surface area (Å²) in [6.07, 6.45) is 4.72. The van der Waals surface area contributed by atoms with Crippen molar-refractivity contribution >= 4 is 6.41 Å². The average Bonchev–Trinajstić information content (AvgIpc) is 2.10. The lowest BCUT2D eigenvalue weighted by atomic mass is 9.98. The summed E-state index contributed by atoms with van der Waals surface area (Å²) in [6, 6.07) is 1.36. The zero-order chi connectivity index (χ0) is 9.68. The minimum atomic E-state index is 0.678. The van der Waals surface area contributed by atoms with Crippen LogP contribution in [0.15, 0.2) is 0 Å². The monoisotopic (exact) mass is 184 g/mol. The van der Waals surface area contributed by atoms with Crippen LogP contribution in [0.5, 0.6) is 0 Å². The molecular formula is C10H20N2O. The van der Waals surface area contributed by atoms with Gasteiger partial charge < -0.3 is 5.32 Å². The zero-order valence-electron chi connectivity index (χ0n) is 8.62. The summed E-state index contributed by atoms with van der Waals surface area (Å²) < 4.78 is 0. The van der Waals surface area contributed by atoms with E-state index in [0.29, 0.717) is 12.1 Å². The van der Waals surface area contributed by atoms with Gasteiger partial charge in [0.15, 0.2) is 0 Å². The van der Waals surface area contributed by atoms with Crippen molar-refractivity contribution in [3.05, 3.63) is 0 Å². The van der Waals surface area contributed by atoms with E-state index in [1.807, 2.05) is 0 Å². The summed E-state index contributed by atoms with van der Waals surface area (Å²) >= 11 is 0. The summed E-state index contributed by atoms with van der Waals surface area (Å²) in [7, 11) is 0. The fourth-order valence-electron chi connectivity index (χ4n) is 2.17. The predicted molar refractivity (Wildman–Crippen MR) is 53.5 cm³/mol. The summed E-state index contributed by atoms with van der Waals surface area (Å²) in [4.78, 5) is 12.6. The van der Waals surface area contributed by atoms with Crippen molar-refractivity contribution in [1.82, 2.24) is 10.2 Å². The Kier molecular flexibility index (Phi) is 4.22. The number of carbonyl (C=O) groups excluding carboxylic acids is 1. The van der Waals surface area contributed by atoms with Gasteiger partial charge >= 0.3 is 0 Å². The highest BCUT2D eigenvalue weighted by Gasteiger charge is 2.23. The normalized spacial score (nSPS) is 30.0. The number of hydrogen-bond acceptors (Lipinski definition) is 2. The second-order valence-corrected chi connectivity index (χ2v) is 3.94. The minimum Gasteiger partial charge on any atom is -0.357 e. The van der Waals surface area contributed by atoms with Gasteiger partial charge in [-0.25, -0.2) is 0 Å². The van der Waals surface area contributed by atoms with E-state index in [-0.39, 0.29) is 0 Å². The molecule has 3 nitrogen and oxygen atoms in total. The minimum absolute atomic E-state index is 0.678. The van der Waals surface area contributed by atoms with E-state index in [1.165, 1.54) is 19.3 Å². The molecule has 1 aliphatic rings. The SMILES string of the molecule is CC1CCCC(C)N1CCNC=O. The van der Waals surface area contributed by atoms with Crippen LogP contribution in [0.4, 0.5) is 0 Å². The highest BCUT2D eigenvalue weighted by atomic mass is 16.1. The second kappa shape index (κ2) is 5.22. The lowest BCUT2D eigenvalue weighted by Gasteiger charge is -2.38. The number of likely N-dealkylation sites (tertiary alicyclic amines) is 1. The fourth-order valence-corrected chi connectivity index (χ4v) is 2.17. The maximum atomic E-state index is 10.1. The van der Waals surface area contributed by atoms with Gasteiger partial charge in [-0.1, -0.05) is 6.42 Å². The third-order valence-electron chi connectivity index (χ3n) is 2.97. The van der Waals surface area contributed by atoms with E-state index < -0.39 is 0 Å². The summed E-state index contributed by atoms with van der Waals surface area (Å²) in [5.74, 6) is 0. The van der Waals surface area contributed by atoms with Crippen molar-refractivity contribution in [2.45, 2.75) is 45.2 Å². The quantitative estimate of drug-likeness (QED) is 0.522. The Morgan fingerprint density at radius 3 is 2.54 bits per heavy atom. The van der Waals surface area contributed by atoms with Crippen LogP contribution in [0.2, 0.25) is 0 Å². The number of nitrogens with one attached hydrogen (secondary N) is 1. The van der Waals surface area contributed by atoms with Crippen molar-refractivity contribution < 1.29 is 4.79 Å². The molecule has 0 aromatic carbocycles. The molecule has 1 fully saturated rings. The topological polar surface area (TPSA) is 32.3 Å². The molecule has 1 rings (SSSR count). The Balaban J connectivity index is 2.30. The molecule has 76 valence electrons. The van der Waals surface area contributed by atoms with Crippen LogP contribution in [0.3, 0.4) is 0 Å². The first-order valence-corrected chi connectivity index (χ1v) is 5.18. The first-order valence-electron chi connectivity index (χ1n) is 5.18. The number of carbonyl (C=O) groups is 1. The maximum absolute atomic E-state index is 10.1. The van der Waals surface area contributed by atoms with Crippen molar-refractivity contribution in [2.75, 3.05) is 13.1 Å². The molecule has 2 unspecified atom stereocenters. The molecule has 0 bridgehead atoms. The van der Waals surface area contributed by atoms with Crippen LogP contribution in [0.1, 0.15) is 33.1 Å². The molecule has 13 heavy (non-hydrogen) atoms. The standard InChI is InChI=1S/C10H20N2O/c1-9-4-3-5-10(2)12(9)7-6-11-8-13/h8-10H,3-7H2,1-2H3,(H,11,13). The van der Waals surface area contributed by atoms with Gasteiger partial charge in [0, 0.05) is 25.2 Å². The number of rotatable bonds is 4. The van der Waals surface area contributed by atoms with E-state index in [2.05, 4.69) is 24.1 Å². The number of hydrogen-bond donors (Lipinski definition) is 1. The molecule has 0 aliphatic carbocycles. The van der Waals surface area contributed by atoms with Crippen LogP contribution in [0, 0.1) is 0 Å². The van der Waals surface area contributed by atoms with Gasteiger partial charge in [0.05, 0.1) is 0 Å². The lowest BCUT2D eigenvalue weighted by molar-refractivity contribution is -0.109. The largest absolute Gasteiger partial charge is 0.357 e. The van der Waals surface area contributed by atoms with Crippen molar-refractivity contribution in [1.29, 1.82) is 0 Å². The van der Waals surface area contributed by atoms with Gasteiger partial charge in [-0.05, 0) is 26.7 Å². The average molecular weight is 184 g/mol. The second-order valence-electron chi connectivity index (χ2n) is 3.94. The van der Waals surface area contributed by atoms with E-state index in [1.54, 1.807) is 0 Å². The van der Waals surface area contributed by atoms with Gasteiger partial charge in [0.1, 0.15) is 0 Å². The fraction of sp³-hybridized carbons (Fsp3) is 0.900. The number of amides is 1. The summed E-state index contributed by atoms with van der Waals surface area (Å²) in [5.41, 5.74) is 0. The Morgan fingerprint density at radius 2 is 2.00 bits per heavy atom. The Labute approximate surface area is 80.5 Å². The van der Waals surface area contributed by atoms with Crippen LogP contribution in [-0.2, 0) is 4.79 Å². The summed E-state index contributed by atoms with van der Waals surface area (Å²) in [6.45, 7) is 6.31. The molecular weight excluding hydrogens is 164 g/mol. The molecule has 0 aromatic rings. The van der Waals surface area contributed by atoms with Crippen molar-refractivity contribution in [3.8, 4) is 0 Å². The van der Waals surface area contributed by atoms with E-state index in [9.17, 15) is 4.79 Å². The third kappa shape index (κ3) is 2.99. The molecule has 0 radical (unpaired) electrons. The van der Waals surface area contributed by atoms with Gasteiger partial charge in [-0.15, -0.1) is 0 Å². The molecule has 2 atom stereocenters. The number of piperidine rings is 1. The van der Waals surface area contributed by atoms with E-state index in [4.69, 9.17) is 0 Å². The maximum Gasteiger partial charge on any atom is 0.207 e. The Morgan fingerprint density at radius 1 is 1.38 bits per heavy atom. The smallest absolute Gasteiger partial charge is 0.207 e. The molecule has 0 saturated carbocycles. The van der Waals surface area contributed by atoms with E-state index in [0.717, 1.165) is 19.5 Å². The molecule has 1 heterocycles. The van der Waals surface area contributed by atoms with Gasteiger partial charge in [0.25, 0.3) is 0 Å². The van der Waals surface area contributed by atoms with Crippen LogP contribution >= 0.6 is 0 Å². The summed E-state index contributed by atoms with van der Waals surface area (Å²) in [5, 5.41) is 2.71. The highest BCUT2D eigenvalue weighted by Crippen LogP contribution is 2.21. The van der Waals surface area contributed by atoms with Crippen molar-refractivity contribution in [3.63, 3.8) is 0 Å². The highest BCUT2D eigenvalue weighted by molar-refractivity contribution is 5.45. The Hall–Kier alpha value is -0.570. The molecule has 0 aromatic heterocycles. The van der Waals surface area contributed by atoms with Crippen LogP contribution < -0.4 is 5.32 Å². The van der Waals surface area contributed by atoms with Gasteiger partial charge in [-0.2, -0.15) is 0 Å². The zero-order valence-corrected chi connectivity index (χ0v) is 8.62. The van der Waals surface area contributed by atoms with Gasteiger partial charge in [-0.3, -0.25) is 9.69 Å². The first kappa shape index (κ1) is 10.5. The van der Waals surface area contributed by atoms with Gasteiger partial charge in [0.2, 0.25) is 6.41 Å². The number of nitrogens with zero attached hydrogens (tertiary/aromatic N) is 1. The lowest BCUT2D eigenvalue weighted by Crippen LogP contribution is -2.46. The molecule has 1 aliphatic heterocycles. The molecule has 3 heteroatoms.